The Hall–Kier alpha value is -0.830. The van der Waals surface area contributed by atoms with Crippen LogP contribution in [-0.4, -0.2) is 34.3 Å². The van der Waals surface area contributed by atoms with Crippen molar-refractivity contribution in [3.05, 3.63) is 18.0 Å². The van der Waals surface area contributed by atoms with Gasteiger partial charge in [0.1, 0.15) is 0 Å². The van der Waals surface area contributed by atoms with E-state index in [1.165, 1.54) is 38.0 Å². The Morgan fingerprint density at radius 3 is 2.35 bits per heavy atom. The zero-order chi connectivity index (χ0) is 12.9. The highest BCUT2D eigenvalue weighted by Crippen LogP contribution is 2.31. The van der Waals surface area contributed by atoms with Crippen LogP contribution in [0.3, 0.4) is 0 Å². The van der Waals surface area contributed by atoms with Gasteiger partial charge in [0.05, 0.1) is 11.7 Å². The van der Waals surface area contributed by atoms with Gasteiger partial charge in [0.15, 0.2) is 0 Å². The molecular weight excluding hydrogens is 210 g/mol. The van der Waals surface area contributed by atoms with Crippen molar-refractivity contribution in [2.45, 2.75) is 53.0 Å². The molecule has 0 saturated carbocycles. The summed E-state index contributed by atoms with van der Waals surface area (Å²) in [5, 5.41) is 4.47. The number of nitrogens with zero attached hydrogens (tertiary/aromatic N) is 3. The molecule has 3 heteroatoms. The Morgan fingerprint density at radius 2 is 1.94 bits per heavy atom. The summed E-state index contributed by atoms with van der Waals surface area (Å²) < 4.78 is 2.18. The van der Waals surface area contributed by atoms with Crippen LogP contribution in [0.1, 0.15) is 46.1 Å². The molecule has 1 aliphatic rings. The minimum absolute atomic E-state index is 0.281. The zero-order valence-electron chi connectivity index (χ0n) is 12.0. The fraction of sp³-hybridized carbons (Fsp3) is 0.786. The van der Waals surface area contributed by atoms with E-state index in [1.807, 2.05) is 20.0 Å². The van der Waals surface area contributed by atoms with Crippen molar-refractivity contribution >= 4 is 0 Å². The Labute approximate surface area is 106 Å². The maximum Gasteiger partial charge on any atom is 0.0877 e. The molecule has 2 rings (SSSR count). The fourth-order valence-electron chi connectivity index (χ4n) is 2.46. The van der Waals surface area contributed by atoms with Crippen molar-refractivity contribution in [1.29, 1.82) is 0 Å². The van der Waals surface area contributed by atoms with Gasteiger partial charge in [-0.25, -0.2) is 0 Å². The predicted octanol–water partition coefficient (Wildman–Crippen LogP) is 3.05. The van der Waals surface area contributed by atoms with Gasteiger partial charge in [0.2, 0.25) is 0 Å². The molecular formula is C14H27N3. The average Bonchev–Trinajstić information content (AvgIpc) is 2.73. The van der Waals surface area contributed by atoms with Crippen molar-refractivity contribution in [3.63, 3.8) is 0 Å². The average molecular weight is 237 g/mol. The first-order chi connectivity index (χ1) is 8.20. The highest BCUT2D eigenvalue weighted by atomic mass is 15.4. The van der Waals surface area contributed by atoms with E-state index in [4.69, 9.17) is 0 Å². The van der Waals surface area contributed by atoms with Crippen LogP contribution >= 0.6 is 0 Å². The van der Waals surface area contributed by atoms with Crippen LogP contribution in [0.25, 0.3) is 0 Å². The lowest BCUT2D eigenvalue weighted by Crippen LogP contribution is -2.62. The normalized spacial score (nSPS) is 18.2. The van der Waals surface area contributed by atoms with E-state index >= 15 is 0 Å². The lowest BCUT2D eigenvalue weighted by atomic mass is 9.87. The van der Waals surface area contributed by atoms with Crippen molar-refractivity contribution in [3.8, 4) is 0 Å². The Bertz CT molecular complexity index is 324. The third-order valence-electron chi connectivity index (χ3n) is 3.43. The number of hydrogen-bond donors (Lipinski definition) is 0. The van der Waals surface area contributed by atoms with E-state index in [1.54, 1.807) is 0 Å². The second kappa shape index (κ2) is 6.20. The van der Waals surface area contributed by atoms with E-state index < -0.39 is 0 Å². The molecule has 1 aromatic rings. The monoisotopic (exact) mass is 237 g/mol. The van der Waals surface area contributed by atoms with Gasteiger partial charge in [-0.05, 0) is 31.9 Å². The Kier molecular flexibility index (Phi) is 5.19. The Morgan fingerprint density at radius 1 is 1.29 bits per heavy atom. The van der Waals surface area contributed by atoms with Crippen molar-refractivity contribution in [2.75, 3.05) is 19.6 Å². The molecule has 0 atom stereocenters. The molecule has 0 unspecified atom stereocenters. The number of rotatable bonds is 4. The standard InChI is InChI=1S/C12H21N3.C2H6/c1-4-6-14-9-12(5-2,10-14)15-8-11(3)7-13-15;1-2/h7-8H,4-6,9-10H2,1-3H3;1-2H3. The number of hydrogen-bond acceptors (Lipinski definition) is 2. The van der Waals surface area contributed by atoms with E-state index in [2.05, 4.69) is 41.6 Å². The van der Waals surface area contributed by atoms with Gasteiger partial charge in [0, 0.05) is 19.3 Å². The second-order valence-corrected chi connectivity index (χ2v) is 4.75. The fourth-order valence-corrected chi connectivity index (χ4v) is 2.46. The molecule has 0 aromatic carbocycles. The maximum atomic E-state index is 4.47. The van der Waals surface area contributed by atoms with Crippen LogP contribution in [0.5, 0.6) is 0 Å². The first kappa shape index (κ1) is 14.2. The van der Waals surface area contributed by atoms with Gasteiger partial charge in [-0.3, -0.25) is 9.58 Å². The zero-order valence-corrected chi connectivity index (χ0v) is 12.0. The first-order valence-corrected chi connectivity index (χ1v) is 6.94. The summed E-state index contributed by atoms with van der Waals surface area (Å²) in [5.41, 5.74) is 1.54. The topological polar surface area (TPSA) is 21.1 Å². The minimum atomic E-state index is 0.281. The van der Waals surface area contributed by atoms with Gasteiger partial charge in [-0.15, -0.1) is 0 Å². The maximum absolute atomic E-state index is 4.47. The highest BCUT2D eigenvalue weighted by molar-refractivity contribution is 5.07. The molecule has 0 spiro atoms. The van der Waals surface area contributed by atoms with Gasteiger partial charge in [0.25, 0.3) is 0 Å². The van der Waals surface area contributed by atoms with Crippen molar-refractivity contribution in [2.24, 2.45) is 0 Å². The second-order valence-electron chi connectivity index (χ2n) is 4.75. The lowest BCUT2D eigenvalue weighted by molar-refractivity contribution is -0.000929. The molecule has 0 bridgehead atoms. The molecule has 98 valence electrons. The van der Waals surface area contributed by atoms with E-state index in [-0.39, 0.29) is 5.54 Å². The molecule has 0 aliphatic carbocycles. The SMILES string of the molecule is CC.CCCN1CC(CC)(n2cc(C)cn2)C1. The minimum Gasteiger partial charge on any atom is -0.298 e. The molecule has 0 radical (unpaired) electrons. The predicted molar refractivity (Wildman–Crippen MR) is 73.3 cm³/mol. The van der Waals surface area contributed by atoms with Crippen molar-refractivity contribution < 1.29 is 0 Å². The number of aryl methyl sites for hydroxylation is 1. The van der Waals surface area contributed by atoms with Crippen LogP contribution in [0, 0.1) is 6.92 Å². The largest absolute Gasteiger partial charge is 0.298 e. The smallest absolute Gasteiger partial charge is 0.0877 e. The van der Waals surface area contributed by atoms with Crippen LogP contribution in [-0.2, 0) is 5.54 Å². The van der Waals surface area contributed by atoms with Crippen LogP contribution < -0.4 is 0 Å². The molecule has 2 heterocycles. The summed E-state index contributed by atoms with van der Waals surface area (Å²) in [6.45, 7) is 14.2. The van der Waals surface area contributed by atoms with Crippen LogP contribution in [0.15, 0.2) is 12.4 Å². The summed E-state index contributed by atoms with van der Waals surface area (Å²) in [4.78, 5) is 2.51. The lowest BCUT2D eigenvalue weighted by Gasteiger charge is -2.50. The molecule has 17 heavy (non-hydrogen) atoms. The summed E-state index contributed by atoms with van der Waals surface area (Å²) in [6, 6.07) is 0. The molecule has 1 saturated heterocycles. The van der Waals surface area contributed by atoms with Crippen LogP contribution in [0.2, 0.25) is 0 Å². The van der Waals surface area contributed by atoms with Gasteiger partial charge in [-0.1, -0.05) is 27.7 Å². The third-order valence-corrected chi connectivity index (χ3v) is 3.43. The van der Waals surface area contributed by atoms with E-state index in [0.29, 0.717) is 0 Å². The number of aromatic nitrogens is 2. The molecule has 1 aliphatic heterocycles. The third kappa shape index (κ3) is 2.89. The first-order valence-electron chi connectivity index (χ1n) is 6.94. The quantitative estimate of drug-likeness (QED) is 0.802. The summed E-state index contributed by atoms with van der Waals surface area (Å²) in [6.07, 6.45) is 6.55. The Balaban J connectivity index is 0.000000686. The summed E-state index contributed by atoms with van der Waals surface area (Å²) >= 11 is 0. The van der Waals surface area contributed by atoms with E-state index in [0.717, 1.165) is 0 Å². The van der Waals surface area contributed by atoms with Crippen LogP contribution in [0.4, 0.5) is 0 Å². The molecule has 1 aromatic heterocycles. The van der Waals surface area contributed by atoms with Crippen molar-refractivity contribution in [1.82, 2.24) is 14.7 Å². The van der Waals surface area contributed by atoms with E-state index in [9.17, 15) is 0 Å². The molecule has 3 nitrogen and oxygen atoms in total. The molecule has 1 fully saturated rings. The molecule has 0 amide bonds. The van der Waals surface area contributed by atoms with Gasteiger partial charge >= 0.3 is 0 Å². The highest BCUT2D eigenvalue weighted by Gasteiger charge is 2.43. The van der Waals surface area contributed by atoms with Gasteiger partial charge in [-0.2, -0.15) is 5.10 Å². The van der Waals surface area contributed by atoms with Gasteiger partial charge < -0.3 is 0 Å². The summed E-state index contributed by atoms with van der Waals surface area (Å²) in [5.74, 6) is 0. The molecule has 0 N–H and O–H groups in total. The number of likely N-dealkylation sites (tertiary alicyclic amines) is 1. The summed E-state index contributed by atoms with van der Waals surface area (Å²) in [7, 11) is 0.